The molecule has 0 unspecified atom stereocenters. The zero-order valence-electron chi connectivity index (χ0n) is 52.4. The standard InChI is InChI=1S/C76H37Cl4F12N5O8/c77-61-62(78)66-59(39-21-29-43(30-22-39)71(100)104-55-15-7-3-11-47(55)75(87,88)89)51-35-36-52-60(40-23-31-44(32-24-40)72(101)105-56-16-8-4-12-48(56)76(90,91)92)68-64(80)63(79)67(94-68)58(38-19-27-42(28-20-38)70(99)103-54-14-6-2-10-46(54)74(84,85)86)50-34-33-49(96(50)95-97(51)52)57(65(61)93-66)37-17-25-41(26-18-37)69(98)102-53-13-5-1-9-45(53)73(81,82)83/h1-36,95H/b57-49-,58-50+,59-51?,60-52?,65-57?,66-59-,67-58?,68-60-. The van der Waals surface area contributed by atoms with E-state index in [0.29, 0.717) is 0 Å². The van der Waals surface area contributed by atoms with Crippen molar-refractivity contribution in [1.82, 2.24) is 9.35 Å². The predicted molar refractivity (Wildman–Crippen MR) is 364 cm³/mol. The number of hydrogen-bond acceptors (Lipinski definition) is 11. The van der Waals surface area contributed by atoms with Gasteiger partial charge in [-0.1, -0.05) is 143 Å². The van der Waals surface area contributed by atoms with Crippen LogP contribution < -0.4 is 35.2 Å². The topological polar surface area (TPSA) is 152 Å². The monoisotopic (exact) mass is 1520 g/mol. The third-order valence-electron chi connectivity index (χ3n) is 16.8. The summed E-state index contributed by atoms with van der Waals surface area (Å²) in [5.41, 5.74) is -1.20. The molecule has 0 saturated heterocycles. The van der Waals surface area contributed by atoms with Gasteiger partial charge in [0.15, 0.2) is 0 Å². The summed E-state index contributed by atoms with van der Waals surface area (Å²) >= 11 is 29.8. The summed E-state index contributed by atoms with van der Waals surface area (Å²) in [6.45, 7) is 0. The summed E-state index contributed by atoms with van der Waals surface area (Å²) in [7, 11) is 0. The van der Waals surface area contributed by atoms with E-state index >= 15 is 0 Å². The number of fused-ring (bicyclic) bond motifs is 2. The van der Waals surface area contributed by atoms with Crippen molar-refractivity contribution in [2.75, 3.05) is 5.53 Å². The molecule has 0 amide bonds. The zero-order chi connectivity index (χ0) is 74.3. The van der Waals surface area contributed by atoms with Gasteiger partial charge in [0.1, 0.15) is 23.0 Å². The van der Waals surface area contributed by atoms with Crippen LogP contribution in [0, 0.1) is 0 Å². The van der Waals surface area contributed by atoms with Crippen LogP contribution in [0.4, 0.5) is 52.7 Å². The second-order valence-corrected chi connectivity index (χ2v) is 24.7. The van der Waals surface area contributed by atoms with Crippen LogP contribution in [0.25, 0.3) is 22.3 Å². The van der Waals surface area contributed by atoms with E-state index in [1.807, 2.05) is 0 Å². The van der Waals surface area contributed by atoms with Gasteiger partial charge < -0.3 is 18.9 Å². The maximum atomic E-state index is 14.1. The Labute approximate surface area is 603 Å². The first-order valence-corrected chi connectivity index (χ1v) is 32.1. The second kappa shape index (κ2) is 26.9. The molecule has 1 N–H and O–H groups in total. The minimum absolute atomic E-state index is 0.0637. The predicted octanol–water partition coefficient (Wildman–Crippen LogP) is 18.5. The molecule has 0 fully saturated rings. The van der Waals surface area contributed by atoms with Crippen LogP contribution in [-0.2, 0) is 24.7 Å². The number of esters is 4. The number of nitrogens with zero attached hydrogens (tertiary/aromatic N) is 4. The number of allylic oxidation sites excluding steroid dienone is 4. The highest BCUT2D eigenvalue weighted by Gasteiger charge is 2.41. The van der Waals surface area contributed by atoms with E-state index in [9.17, 15) is 71.9 Å². The van der Waals surface area contributed by atoms with Crippen LogP contribution in [0.15, 0.2) is 260 Å². The summed E-state index contributed by atoms with van der Waals surface area (Å²) in [5.74, 6) is -7.93. The van der Waals surface area contributed by atoms with E-state index < -0.39 is 93.8 Å². The van der Waals surface area contributed by atoms with E-state index in [-0.39, 0.29) is 132 Å². The van der Waals surface area contributed by atoms with E-state index in [1.165, 1.54) is 131 Å². The Morgan fingerprint density at radius 3 is 0.810 bits per heavy atom. The molecule has 6 bridgehead atoms. The molecule has 29 heteroatoms. The number of halogens is 16. The van der Waals surface area contributed by atoms with Gasteiger partial charge in [-0.2, -0.15) is 52.7 Å². The maximum absolute atomic E-state index is 14.1. The Balaban J connectivity index is 1.01. The lowest BCUT2D eigenvalue weighted by Gasteiger charge is -2.24. The lowest BCUT2D eigenvalue weighted by molar-refractivity contribution is -0.139. The number of nitrogens with one attached hydrogen (secondary N) is 1. The number of aliphatic imine (C=N–C) groups is 2. The van der Waals surface area contributed by atoms with Gasteiger partial charge in [-0.05, 0) is 144 Å². The van der Waals surface area contributed by atoms with Crippen molar-refractivity contribution < 1.29 is 90.8 Å². The number of para-hydroxylation sites is 4. The van der Waals surface area contributed by atoms with E-state index in [1.54, 1.807) is 24.3 Å². The van der Waals surface area contributed by atoms with Crippen molar-refractivity contribution in [2.24, 2.45) is 9.98 Å². The van der Waals surface area contributed by atoms with E-state index in [0.717, 1.165) is 72.8 Å². The van der Waals surface area contributed by atoms with Crippen molar-refractivity contribution in [3.05, 3.63) is 339 Å². The molecule has 4 aliphatic rings. The SMILES string of the molecule is O=C(Oc1ccccc1C(F)(F)F)c1ccc(/C2=C3N=C(C(Cl)=C/3Cl)/C(c3ccc(C(=O)Oc4ccccc4C(F)(F)F)cc3)=c3/cc/c4n3Nn3c2ccc3/C(c2ccc(C(=O)Oc3ccccc3C(F)(F)F)cc2)=C2N=C(C(Cl)=C\2Cl)/C=4c2ccc(C(=O)Oc3ccccc3C(F)(F)F)cc2)cc1. The average molecular weight is 1520 g/mol. The van der Waals surface area contributed by atoms with Crippen molar-refractivity contribution >= 4 is 104 Å². The van der Waals surface area contributed by atoms with E-state index in [2.05, 4.69) is 5.53 Å². The summed E-state index contributed by atoms with van der Waals surface area (Å²) in [4.78, 5) is 65.6. The van der Waals surface area contributed by atoms with Gasteiger partial charge in [0, 0.05) is 22.3 Å². The molecular formula is C76H37Cl4F12N5O8. The fourth-order valence-electron chi connectivity index (χ4n) is 12.0. The van der Waals surface area contributed by atoms with Crippen LogP contribution in [-0.4, -0.2) is 44.7 Å². The quantitative estimate of drug-likeness (QED) is 0.0716. The first-order chi connectivity index (χ1) is 49.9. The third kappa shape index (κ3) is 13.3. The summed E-state index contributed by atoms with van der Waals surface area (Å²) < 4.78 is 194. The normalized spacial score (nSPS) is 16.8. The Bertz CT molecular complexity index is 5350. The van der Waals surface area contributed by atoms with Crippen molar-refractivity contribution in [2.45, 2.75) is 24.7 Å². The highest BCUT2D eigenvalue weighted by molar-refractivity contribution is 6.59. The minimum Gasteiger partial charge on any atom is -0.422 e. The molecule has 0 atom stereocenters. The van der Waals surface area contributed by atoms with Crippen molar-refractivity contribution in [1.29, 1.82) is 0 Å². The molecule has 6 heterocycles. The molecule has 2 aromatic heterocycles. The van der Waals surface area contributed by atoms with Crippen molar-refractivity contribution in [3.8, 4) is 23.0 Å². The Kier molecular flexibility index (Phi) is 18.0. The second-order valence-electron chi connectivity index (χ2n) is 23.2. The first-order valence-electron chi connectivity index (χ1n) is 30.6. The smallest absolute Gasteiger partial charge is 0.419 e. The van der Waals surface area contributed by atoms with Gasteiger partial charge in [-0.3, -0.25) is 0 Å². The molecule has 4 aliphatic heterocycles. The molecule has 526 valence electrons. The van der Waals surface area contributed by atoms with Crippen LogP contribution in [0.2, 0.25) is 0 Å². The van der Waals surface area contributed by atoms with Crippen LogP contribution in [0.1, 0.15) is 97.3 Å². The molecule has 10 aromatic rings. The molecule has 105 heavy (non-hydrogen) atoms. The number of carbonyl (C=O) groups excluding carboxylic acids is 4. The van der Waals surface area contributed by atoms with Crippen LogP contribution in [0.3, 0.4) is 0 Å². The first kappa shape index (κ1) is 70.4. The summed E-state index contributed by atoms with van der Waals surface area (Å²) in [5, 5.41) is -0.548. The molecule has 0 saturated carbocycles. The van der Waals surface area contributed by atoms with Gasteiger partial charge in [0.25, 0.3) is 0 Å². The minimum atomic E-state index is -4.92. The Morgan fingerprint density at radius 1 is 0.305 bits per heavy atom. The summed E-state index contributed by atoms with van der Waals surface area (Å²) in [6, 6.07) is 43.9. The molecule has 0 spiro atoms. The molecule has 0 aliphatic carbocycles. The Morgan fingerprint density at radius 2 is 0.552 bits per heavy atom. The zero-order valence-corrected chi connectivity index (χ0v) is 55.4. The number of benzene rings is 8. The molecule has 14 rings (SSSR count). The third-order valence-corrected chi connectivity index (χ3v) is 18.5. The number of rotatable bonds is 12. The lowest BCUT2D eigenvalue weighted by Crippen LogP contribution is -2.42. The molecular weight excluding hydrogens is 1480 g/mol. The highest BCUT2D eigenvalue weighted by Crippen LogP contribution is 2.48. The fraction of sp³-hybridized carbons (Fsp3) is 0.0526. The van der Waals surface area contributed by atoms with Gasteiger partial charge in [-0.15, -0.1) is 0 Å². The summed E-state index contributed by atoms with van der Waals surface area (Å²) in [6.07, 6.45) is -19.7. The number of carbonyl (C=O) groups is 4. The van der Waals surface area contributed by atoms with Crippen LogP contribution >= 0.6 is 46.4 Å². The number of aromatic nitrogens is 2. The Hall–Kier alpha value is -11.6. The van der Waals surface area contributed by atoms with Gasteiger partial charge in [0.05, 0.1) is 110 Å². The average Bonchev–Trinajstić information content (AvgIpc) is 1.57. The molecule has 0 radical (unpaired) electrons. The number of hydrogen-bond donors (Lipinski definition) is 1. The van der Waals surface area contributed by atoms with Gasteiger partial charge in [-0.25, -0.2) is 44.0 Å². The molecule has 13 nitrogen and oxygen atoms in total. The van der Waals surface area contributed by atoms with E-state index in [4.69, 9.17) is 75.3 Å². The number of ether oxygens (including phenoxy) is 4. The lowest BCUT2D eigenvalue weighted by atomic mass is 9.98. The fourth-order valence-corrected chi connectivity index (χ4v) is 12.9. The highest BCUT2D eigenvalue weighted by atomic mass is 35.5. The van der Waals surface area contributed by atoms with Crippen LogP contribution in [0.5, 0.6) is 23.0 Å². The maximum Gasteiger partial charge on any atom is 0.419 e. The number of alkyl halides is 12. The van der Waals surface area contributed by atoms with Gasteiger partial charge in [0.2, 0.25) is 0 Å². The molecule has 8 aromatic carbocycles. The largest absolute Gasteiger partial charge is 0.422 e. The van der Waals surface area contributed by atoms with Crippen molar-refractivity contribution in [3.63, 3.8) is 0 Å². The van der Waals surface area contributed by atoms with Gasteiger partial charge >= 0.3 is 48.6 Å².